The van der Waals surface area contributed by atoms with E-state index in [-0.39, 0.29) is 11.7 Å². The van der Waals surface area contributed by atoms with E-state index in [1.54, 1.807) is 4.57 Å². The Bertz CT molecular complexity index is 381. The maximum absolute atomic E-state index is 12.1. The van der Waals surface area contributed by atoms with Crippen molar-refractivity contribution in [2.24, 2.45) is 18.9 Å². The van der Waals surface area contributed by atoms with E-state index >= 15 is 0 Å². The molecule has 0 spiro atoms. The molecule has 5 heteroatoms. The number of nitrogens with zero attached hydrogens (tertiary/aromatic N) is 3. The smallest absolute Gasteiger partial charge is 0.203 e. The molecule has 1 fully saturated rings. The molecule has 1 aliphatic rings. The first-order valence-corrected chi connectivity index (χ1v) is 5.22. The van der Waals surface area contributed by atoms with Gasteiger partial charge in [0.2, 0.25) is 5.78 Å². The van der Waals surface area contributed by atoms with Crippen LogP contribution >= 0.6 is 0 Å². The Morgan fingerprint density at radius 3 is 2.60 bits per heavy atom. The van der Waals surface area contributed by atoms with Crippen LogP contribution in [0, 0.1) is 18.8 Å². The zero-order valence-electron chi connectivity index (χ0n) is 9.32. The first-order chi connectivity index (χ1) is 7.11. The number of ketones is 1. The highest BCUT2D eigenvalue weighted by molar-refractivity contribution is 5.94. The van der Waals surface area contributed by atoms with Crippen molar-refractivity contribution in [1.29, 1.82) is 0 Å². The van der Waals surface area contributed by atoms with Gasteiger partial charge in [-0.15, -0.1) is 10.2 Å². The van der Waals surface area contributed by atoms with Gasteiger partial charge in [0.25, 0.3) is 0 Å². The number of aryl methyl sites for hydroxylation is 1. The summed E-state index contributed by atoms with van der Waals surface area (Å²) in [5.74, 6) is 1.84. The fraction of sp³-hybridized carbons (Fsp3) is 0.700. The minimum absolute atomic E-state index is 0.0357. The van der Waals surface area contributed by atoms with E-state index < -0.39 is 0 Å². The van der Waals surface area contributed by atoms with Gasteiger partial charge >= 0.3 is 0 Å². The molecule has 0 bridgehead atoms. The second kappa shape index (κ2) is 3.73. The van der Waals surface area contributed by atoms with Crippen molar-refractivity contribution in [2.75, 3.05) is 13.1 Å². The normalized spacial score (nSPS) is 18.6. The van der Waals surface area contributed by atoms with E-state index in [4.69, 9.17) is 0 Å². The predicted octanol–water partition coefficient (Wildman–Crippen LogP) is 0.162. The average molecular weight is 208 g/mol. The third-order valence-corrected chi connectivity index (χ3v) is 3.25. The van der Waals surface area contributed by atoms with Gasteiger partial charge in [0.1, 0.15) is 5.82 Å². The lowest BCUT2D eigenvalue weighted by molar-refractivity contribution is 0.0839. The molecule has 1 N–H and O–H groups in total. The van der Waals surface area contributed by atoms with Crippen LogP contribution in [0.25, 0.3) is 0 Å². The van der Waals surface area contributed by atoms with Crippen LogP contribution in [0.5, 0.6) is 0 Å². The lowest BCUT2D eigenvalue weighted by Crippen LogP contribution is -2.47. The number of Topliss-reactive ketones (excluding diaryl/α,β-unsaturated/α-hetero) is 1. The van der Waals surface area contributed by atoms with E-state index in [1.165, 1.54) is 0 Å². The minimum atomic E-state index is 0.0357. The third kappa shape index (κ3) is 1.67. The SMILES string of the molecule is Cc1nnc(C(=O)C(C)C2CNC2)n1C. The quantitative estimate of drug-likeness (QED) is 0.719. The number of nitrogens with one attached hydrogen (secondary N) is 1. The van der Waals surface area contributed by atoms with Crippen molar-refractivity contribution in [3.8, 4) is 0 Å². The summed E-state index contributed by atoms with van der Waals surface area (Å²) < 4.78 is 1.75. The second-order valence-electron chi connectivity index (χ2n) is 4.20. The van der Waals surface area contributed by atoms with E-state index in [0.717, 1.165) is 18.9 Å². The van der Waals surface area contributed by atoms with E-state index in [9.17, 15) is 4.79 Å². The van der Waals surface area contributed by atoms with Crippen molar-refractivity contribution in [3.63, 3.8) is 0 Å². The lowest BCUT2D eigenvalue weighted by atomic mass is 9.85. The molecule has 82 valence electrons. The largest absolute Gasteiger partial charge is 0.316 e. The molecule has 15 heavy (non-hydrogen) atoms. The highest BCUT2D eigenvalue weighted by Crippen LogP contribution is 2.19. The Labute approximate surface area is 88.9 Å². The zero-order chi connectivity index (χ0) is 11.0. The Morgan fingerprint density at radius 2 is 2.20 bits per heavy atom. The van der Waals surface area contributed by atoms with Gasteiger partial charge in [-0.3, -0.25) is 4.79 Å². The van der Waals surface area contributed by atoms with E-state index in [2.05, 4.69) is 15.5 Å². The molecule has 1 atom stereocenters. The zero-order valence-corrected chi connectivity index (χ0v) is 9.32. The van der Waals surface area contributed by atoms with Gasteiger partial charge in [0.05, 0.1) is 0 Å². The van der Waals surface area contributed by atoms with Gasteiger partial charge in [-0.05, 0) is 25.9 Å². The van der Waals surface area contributed by atoms with Gasteiger partial charge < -0.3 is 9.88 Å². The van der Waals surface area contributed by atoms with Crippen LogP contribution in [-0.2, 0) is 7.05 Å². The van der Waals surface area contributed by atoms with Gasteiger partial charge in [0.15, 0.2) is 5.82 Å². The van der Waals surface area contributed by atoms with Crippen molar-refractivity contribution in [2.45, 2.75) is 13.8 Å². The summed E-state index contributed by atoms with van der Waals surface area (Å²) in [6.07, 6.45) is 0. The molecule has 1 aromatic rings. The van der Waals surface area contributed by atoms with Crippen LogP contribution in [-0.4, -0.2) is 33.6 Å². The summed E-state index contributed by atoms with van der Waals surface area (Å²) >= 11 is 0. The Hall–Kier alpha value is -1.23. The number of carbonyl (C=O) groups excluding carboxylic acids is 1. The Kier molecular flexibility index (Phi) is 2.56. The monoisotopic (exact) mass is 208 g/mol. The highest BCUT2D eigenvalue weighted by Gasteiger charge is 2.31. The van der Waals surface area contributed by atoms with Crippen molar-refractivity contribution in [1.82, 2.24) is 20.1 Å². The molecule has 5 nitrogen and oxygen atoms in total. The molecule has 2 heterocycles. The molecule has 1 aliphatic heterocycles. The third-order valence-electron chi connectivity index (χ3n) is 3.25. The molecule has 0 radical (unpaired) electrons. The molecule has 2 rings (SSSR count). The van der Waals surface area contributed by atoms with Gasteiger partial charge in [-0.25, -0.2) is 0 Å². The first-order valence-electron chi connectivity index (χ1n) is 5.22. The number of carbonyl (C=O) groups is 1. The fourth-order valence-corrected chi connectivity index (χ4v) is 1.70. The molecule has 0 aliphatic carbocycles. The first kappa shape index (κ1) is 10.3. The molecule has 0 aromatic carbocycles. The van der Waals surface area contributed by atoms with Crippen molar-refractivity contribution < 1.29 is 4.79 Å². The number of rotatable bonds is 3. The minimum Gasteiger partial charge on any atom is -0.316 e. The molecule has 1 saturated heterocycles. The number of aromatic nitrogens is 3. The summed E-state index contributed by atoms with van der Waals surface area (Å²) in [5, 5.41) is 11.0. The van der Waals surface area contributed by atoms with Crippen molar-refractivity contribution in [3.05, 3.63) is 11.6 Å². The summed E-state index contributed by atoms with van der Waals surface area (Å²) in [4.78, 5) is 12.1. The molecule has 0 amide bonds. The Morgan fingerprint density at radius 1 is 1.53 bits per heavy atom. The maximum atomic E-state index is 12.1. The van der Waals surface area contributed by atoms with Crippen LogP contribution in [0.3, 0.4) is 0 Å². The maximum Gasteiger partial charge on any atom is 0.203 e. The molecular formula is C10H16N4O. The molecule has 1 aromatic heterocycles. The topological polar surface area (TPSA) is 59.8 Å². The van der Waals surface area contributed by atoms with Gasteiger partial charge in [-0.1, -0.05) is 6.92 Å². The van der Waals surface area contributed by atoms with Crippen LogP contribution < -0.4 is 5.32 Å². The van der Waals surface area contributed by atoms with Crippen LogP contribution in [0.1, 0.15) is 23.4 Å². The van der Waals surface area contributed by atoms with Crippen LogP contribution in [0.15, 0.2) is 0 Å². The predicted molar refractivity (Wildman–Crippen MR) is 55.6 cm³/mol. The summed E-state index contributed by atoms with van der Waals surface area (Å²) in [7, 11) is 1.83. The number of hydrogen-bond donors (Lipinski definition) is 1. The van der Waals surface area contributed by atoms with Crippen molar-refractivity contribution >= 4 is 5.78 Å². The fourth-order valence-electron chi connectivity index (χ4n) is 1.70. The summed E-state index contributed by atoms with van der Waals surface area (Å²) in [6.45, 7) is 5.69. The summed E-state index contributed by atoms with van der Waals surface area (Å²) in [6, 6.07) is 0. The standard InChI is InChI=1S/C10H16N4O/c1-6(8-4-11-5-8)9(15)10-13-12-7(2)14(10)3/h6,8,11H,4-5H2,1-3H3. The molecular weight excluding hydrogens is 192 g/mol. The van der Waals surface area contributed by atoms with E-state index in [0.29, 0.717) is 11.7 Å². The Balaban J connectivity index is 2.16. The lowest BCUT2D eigenvalue weighted by Gasteiger charge is -2.31. The second-order valence-corrected chi connectivity index (χ2v) is 4.20. The molecule has 1 unspecified atom stereocenters. The summed E-state index contributed by atoms with van der Waals surface area (Å²) in [5.41, 5.74) is 0. The van der Waals surface area contributed by atoms with E-state index in [1.807, 2.05) is 20.9 Å². The van der Waals surface area contributed by atoms with Crippen LogP contribution in [0.4, 0.5) is 0 Å². The highest BCUT2D eigenvalue weighted by atomic mass is 16.1. The number of hydrogen-bond acceptors (Lipinski definition) is 4. The average Bonchev–Trinajstić information content (AvgIpc) is 2.44. The van der Waals surface area contributed by atoms with Gasteiger partial charge in [-0.2, -0.15) is 0 Å². The van der Waals surface area contributed by atoms with Crippen LogP contribution in [0.2, 0.25) is 0 Å². The van der Waals surface area contributed by atoms with Gasteiger partial charge in [0, 0.05) is 13.0 Å². The molecule has 0 saturated carbocycles.